The molecule has 0 saturated carbocycles. The molecule has 0 aliphatic carbocycles. The minimum Gasteiger partial charge on any atom is -0.463 e. The van der Waals surface area contributed by atoms with Crippen molar-refractivity contribution in [3.05, 3.63) is 78.5 Å². The first-order valence-corrected chi connectivity index (χ1v) is 8.36. The molecule has 7 nitrogen and oxygen atoms in total. The van der Waals surface area contributed by atoms with Crippen LogP contribution < -0.4 is 5.32 Å². The molecule has 2 heterocycles. The van der Waals surface area contributed by atoms with Crippen LogP contribution in [0.4, 0.5) is 5.69 Å². The van der Waals surface area contributed by atoms with Crippen LogP contribution in [0.5, 0.6) is 0 Å². The Labute approximate surface area is 156 Å². The van der Waals surface area contributed by atoms with Gasteiger partial charge in [0.2, 0.25) is 0 Å². The molecule has 2 aromatic heterocycles. The Kier molecular flexibility index (Phi) is 5.73. The smallest absolute Gasteiger partial charge is 0.330 e. The number of carbonyl (C=O) groups excluding carboxylic acids is 2. The third-order valence-corrected chi connectivity index (χ3v) is 3.65. The molecule has 0 bridgehead atoms. The van der Waals surface area contributed by atoms with Gasteiger partial charge in [0.1, 0.15) is 12.1 Å². The third-order valence-electron chi connectivity index (χ3n) is 3.65. The van der Waals surface area contributed by atoms with Crippen molar-refractivity contribution >= 4 is 23.6 Å². The number of rotatable bonds is 6. The van der Waals surface area contributed by atoms with Crippen LogP contribution in [-0.2, 0) is 9.53 Å². The lowest BCUT2D eigenvalue weighted by atomic mass is 10.2. The molecule has 3 rings (SSSR count). The first-order valence-electron chi connectivity index (χ1n) is 8.36. The number of nitrogens with zero attached hydrogens (tertiary/aromatic N) is 3. The quantitative estimate of drug-likeness (QED) is 0.538. The average molecular weight is 362 g/mol. The third kappa shape index (κ3) is 4.88. The Hall–Kier alpha value is -3.74. The molecule has 0 saturated heterocycles. The highest BCUT2D eigenvalue weighted by atomic mass is 16.5. The van der Waals surface area contributed by atoms with Crippen molar-refractivity contribution in [3.8, 4) is 5.82 Å². The van der Waals surface area contributed by atoms with E-state index in [0.717, 1.165) is 5.56 Å². The van der Waals surface area contributed by atoms with Crippen molar-refractivity contribution in [1.82, 2.24) is 14.5 Å². The molecule has 0 atom stereocenters. The second kappa shape index (κ2) is 8.57. The van der Waals surface area contributed by atoms with E-state index in [-0.39, 0.29) is 11.9 Å². The molecule has 0 aliphatic heterocycles. The van der Waals surface area contributed by atoms with Crippen LogP contribution in [-0.4, -0.2) is 33.0 Å². The number of amides is 1. The molecule has 0 radical (unpaired) electrons. The van der Waals surface area contributed by atoms with Crippen LogP contribution in [0.3, 0.4) is 0 Å². The highest BCUT2D eigenvalue weighted by molar-refractivity contribution is 6.04. The van der Waals surface area contributed by atoms with E-state index >= 15 is 0 Å². The SMILES string of the molecule is CCOC(=O)/C=C/c1ccc(NC(=O)c2ccc(-n3ccnc3)nc2)cc1. The summed E-state index contributed by atoms with van der Waals surface area (Å²) in [5.74, 6) is 0.0396. The summed E-state index contributed by atoms with van der Waals surface area (Å²) >= 11 is 0. The first kappa shape index (κ1) is 18.1. The Morgan fingerprint density at radius 3 is 2.63 bits per heavy atom. The van der Waals surface area contributed by atoms with Gasteiger partial charge in [0.05, 0.1) is 12.2 Å². The average Bonchev–Trinajstić information content (AvgIpc) is 3.23. The summed E-state index contributed by atoms with van der Waals surface area (Å²) in [5.41, 5.74) is 1.92. The Bertz CT molecular complexity index is 930. The second-order valence-electron chi connectivity index (χ2n) is 5.54. The van der Waals surface area contributed by atoms with E-state index in [1.165, 1.54) is 12.3 Å². The van der Waals surface area contributed by atoms with Crippen LogP contribution in [0.2, 0.25) is 0 Å². The summed E-state index contributed by atoms with van der Waals surface area (Å²) < 4.78 is 6.58. The monoisotopic (exact) mass is 362 g/mol. The maximum Gasteiger partial charge on any atom is 0.330 e. The summed E-state index contributed by atoms with van der Waals surface area (Å²) in [7, 11) is 0. The van der Waals surface area contributed by atoms with E-state index in [0.29, 0.717) is 23.7 Å². The molecule has 0 fully saturated rings. The molecular weight excluding hydrogens is 344 g/mol. The number of hydrogen-bond acceptors (Lipinski definition) is 5. The standard InChI is InChI=1S/C20H18N4O3/c1-2-27-19(25)10-5-15-3-7-17(8-4-15)23-20(26)16-6-9-18(22-13-16)24-12-11-21-14-24/h3-14H,2H2,1H3,(H,23,26)/b10-5+. The minimum absolute atomic E-state index is 0.255. The number of pyridine rings is 1. The lowest BCUT2D eigenvalue weighted by Crippen LogP contribution is -2.12. The van der Waals surface area contributed by atoms with E-state index in [2.05, 4.69) is 15.3 Å². The van der Waals surface area contributed by atoms with Crippen LogP contribution in [0.15, 0.2) is 67.4 Å². The molecule has 0 aliphatic rings. The van der Waals surface area contributed by atoms with Crippen LogP contribution in [0, 0.1) is 0 Å². The molecule has 3 aromatic rings. The number of benzene rings is 1. The molecule has 7 heteroatoms. The van der Waals surface area contributed by atoms with Gasteiger partial charge in [0, 0.05) is 30.4 Å². The van der Waals surface area contributed by atoms with Gasteiger partial charge in [0.25, 0.3) is 5.91 Å². The summed E-state index contributed by atoms with van der Waals surface area (Å²) in [6, 6.07) is 10.6. The van der Waals surface area contributed by atoms with Crippen molar-refractivity contribution in [2.45, 2.75) is 6.92 Å². The normalized spacial score (nSPS) is 10.7. The number of imidazole rings is 1. The van der Waals surface area contributed by atoms with Gasteiger partial charge in [0.15, 0.2) is 0 Å². The van der Waals surface area contributed by atoms with Gasteiger partial charge in [-0.2, -0.15) is 0 Å². The molecule has 1 aromatic carbocycles. The van der Waals surface area contributed by atoms with Crippen molar-refractivity contribution in [3.63, 3.8) is 0 Å². The molecule has 0 spiro atoms. The van der Waals surface area contributed by atoms with Crippen molar-refractivity contribution in [2.24, 2.45) is 0 Å². The second-order valence-corrected chi connectivity index (χ2v) is 5.54. The van der Waals surface area contributed by atoms with Gasteiger partial charge in [-0.05, 0) is 42.8 Å². The largest absolute Gasteiger partial charge is 0.463 e. The Morgan fingerprint density at radius 1 is 1.19 bits per heavy atom. The van der Waals surface area contributed by atoms with Crippen molar-refractivity contribution in [2.75, 3.05) is 11.9 Å². The van der Waals surface area contributed by atoms with E-state index in [1.54, 1.807) is 72.7 Å². The van der Waals surface area contributed by atoms with E-state index < -0.39 is 0 Å². The van der Waals surface area contributed by atoms with Gasteiger partial charge in [-0.15, -0.1) is 0 Å². The van der Waals surface area contributed by atoms with Crippen LogP contribution >= 0.6 is 0 Å². The van der Waals surface area contributed by atoms with Gasteiger partial charge in [-0.3, -0.25) is 9.36 Å². The highest BCUT2D eigenvalue weighted by Gasteiger charge is 2.07. The van der Waals surface area contributed by atoms with Gasteiger partial charge in [-0.1, -0.05) is 12.1 Å². The summed E-state index contributed by atoms with van der Waals surface area (Å²) in [6.07, 6.45) is 9.61. The van der Waals surface area contributed by atoms with E-state index in [1.807, 2.05) is 0 Å². The zero-order valence-electron chi connectivity index (χ0n) is 14.7. The van der Waals surface area contributed by atoms with E-state index in [4.69, 9.17) is 4.74 Å². The van der Waals surface area contributed by atoms with Crippen molar-refractivity contribution in [1.29, 1.82) is 0 Å². The summed E-state index contributed by atoms with van der Waals surface area (Å²) in [5, 5.41) is 2.81. The fourth-order valence-electron chi connectivity index (χ4n) is 2.30. The molecular formula is C20H18N4O3. The lowest BCUT2D eigenvalue weighted by Gasteiger charge is -2.06. The molecule has 1 N–H and O–H groups in total. The Morgan fingerprint density at radius 2 is 2.00 bits per heavy atom. The predicted molar refractivity (Wildman–Crippen MR) is 101 cm³/mol. The zero-order chi connectivity index (χ0) is 19.1. The zero-order valence-corrected chi connectivity index (χ0v) is 14.7. The van der Waals surface area contributed by atoms with Gasteiger partial charge >= 0.3 is 5.97 Å². The number of aromatic nitrogens is 3. The lowest BCUT2D eigenvalue weighted by molar-refractivity contribution is -0.137. The van der Waals surface area contributed by atoms with E-state index in [9.17, 15) is 9.59 Å². The highest BCUT2D eigenvalue weighted by Crippen LogP contribution is 2.13. The number of nitrogens with one attached hydrogen (secondary N) is 1. The fourth-order valence-corrected chi connectivity index (χ4v) is 2.30. The molecule has 0 unspecified atom stereocenters. The van der Waals surface area contributed by atoms with Gasteiger partial charge in [-0.25, -0.2) is 14.8 Å². The van der Waals surface area contributed by atoms with Crippen LogP contribution in [0.25, 0.3) is 11.9 Å². The fraction of sp³-hybridized carbons (Fsp3) is 0.100. The maximum absolute atomic E-state index is 12.3. The van der Waals surface area contributed by atoms with Crippen molar-refractivity contribution < 1.29 is 14.3 Å². The topological polar surface area (TPSA) is 86.1 Å². The predicted octanol–water partition coefficient (Wildman–Crippen LogP) is 3.10. The van der Waals surface area contributed by atoms with Gasteiger partial charge < -0.3 is 10.1 Å². The number of carbonyl (C=O) groups is 2. The first-order chi connectivity index (χ1) is 13.2. The van der Waals surface area contributed by atoms with Crippen LogP contribution in [0.1, 0.15) is 22.8 Å². The number of hydrogen-bond donors (Lipinski definition) is 1. The summed E-state index contributed by atoms with van der Waals surface area (Å²) in [6.45, 7) is 2.09. The molecule has 27 heavy (non-hydrogen) atoms. The maximum atomic E-state index is 12.3. The summed E-state index contributed by atoms with van der Waals surface area (Å²) in [4.78, 5) is 31.9. The number of ether oxygens (including phenoxy) is 1. The number of anilines is 1. The number of esters is 1. The minimum atomic E-state index is -0.387. The molecule has 1 amide bonds. The molecule has 136 valence electrons. The Balaban J connectivity index is 1.61.